The van der Waals surface area contributed by atoms with Crippen molar-refractivity contribution in [2.75, 3.05) is 5.75 Å². The summed E-state index contributed by atoms with van der Waals surface area (Å²) in [5, 5.41) is 12.9. The van der Waals surface area contributed by atoms with E-state index in [1.165, 1.54) is 17.3 Å². The number of halogens is 1. The topological polar surface area (TPSA) is 59.8 Å². The van der Waals surface area contributed by atoms with Gasteiger partial charge in [0, 0.05) is 24.5 Å². The second-order valence-corrected chi connectivity index (χ2v) is 7.38. The van der Waals surface area contributed by atoms with Gasteiger partial charge in [-0.3, -0.25) is 4.79 Å². The maximum Gasteiger partial charge on any atom is 0.230 e. The summed E-state index contributed by atoms with van der Waals surface area (Å²) in [5.41, 5.74) is 2.21. The number of thioether (sulfide) groups is 1. The van der Waals surface area contributed by atoms with Crippen LogP contribution in [-0.2, 0) is 24.3 Å². The molecule has 0 radical (unpaired) electrons. The molecule has 5 nitrogen and oxygen atoms in total. The molecule has 1 N–H and O–H groups in total. The van der Waals surface area contributed by atoms with Gasteiger partial charge in [0.05, 0.1) is 5.75 Å². The zero-order valence-corrected chi connectivity index (χ0v) is 16.6. The highest BCUT2D eigenvalue weighted by Crippen LogP contribution is 2.18. The van der Waals surface area contributed by atoms with E-state index in [0.29, 0.717) is 17.3 Å². The van der Waals surface area contributed by atoms with Crippen molar-refractivity contribution in [3.8, 4) is 0 Å². The molecule has 0 fully saturated rings. The summed E-state index contributed by atoms with van der Waals surface area (Å²) in [5.74, 6) is 1.18. The van der Waals surface area contributed by atoms with Gasteiger partial charge in [-0.05, 0) is 30.2 Å². The highest BCUT2D eigenvalue weighted by Gasteiger charge is 2.13. The number of nitrogens with one attached hydrogen (secondary N) is 1. The molecule has 0 aliphatic heterocycles. The van der Waals surface area contributed by atoms with Crippen LogP contribution in [0.5, 0.6) is 0 Å². The third-order valence-electron chi connectivity index (χ3n) is 4.05. The van der Waals surface area contributed by atoms with Crippen LogP contribution in [-0.4, -0.2) is 26.4 Å². The molecule has 0 spiro atoms. The van der Waals surface area contributed by atoms with Gasteiger partial charge < -0.3 is 9.88 Å². The molecule has 0 atom stereocenters. The van der Waals surface area contributed by atoms with Crippen LogP contribution in [0, 0.1) is 0 Å². The maximum absolute atomic E-state index is 12.1. The minimum Gasteiger partial charge on any atom is -0.351 e. The zero-order chi connectivity index (χ0) is 19.1. The number of nitrogens with zero attached hydrogens (tertiary/aromatic N) is 3. The first-order chi connectivity index (χ1) is 13.2. The Balaban J connectivity index is 1.54. The van der Waals surface area contributed by atoms with E-state index in [0.717, 1.165) is 29.5 Å². The highest BCUT2D eigenvalue weighted by molar-refractivity contribution is 7.99. The Morgan fingerprint density at radius 2 is 1.81 bits per heavy atom. The molecule has 1 heterocycles. The highest BCUT2D eigenvalue weighted by atomic mass is 35.5. The lowest BCUT2D eigenvalue weighted by atomic mass is 10.1. The number of hydrogen-bond acceptors (Lipinski definition) is 4. The fourth-order valence-corrected chi connectivity index (χ4v) is 3.61. The van der Waals surface area contributed by atoms with Crippen molar-refractivity contribution in [2.24, 2.45) is 0 Å². The smallest absolute Gasteiger partial charge is 0.230 e. The van der Waals surface area contributed by atoms with Crippen LogP contribution in [0.25, 0.3) is 0 Å². The van der Waals surface area contributed by atoms with E-state index in [-0.39, 0.29) is 5.91 Å². The van der Waals surface area contributed by atoms with Gasteiger partial charge in [0.25, 0.3) is 0 Å². The standard InChI is InChI=1S/C20H21ClN4OS/c1-2-25-18(12-15-6-4-3-5-7-15)23-24-20(25)27-14-19(26)22-13-16-8-10-17(21)11-9-16/h3-11H,2,12-14H2,1H3,(H,22,26). The van der Waals surface area contributed by atoms with E-state index in [1.54, 1.807) is 0 Å². The number of carbonyl (C=O) groups is 1. The quantitative estimate of drug-likeness (QED) is 0.581. The molecule has 0 saturated carbocycles. The van der Waals surface area contributed by atoms with Crippen LogP contribution >= 0.6 is 23.4 Å². The van der Waals surface area contributed by atoms with Crippen LogP contribution in [0.4, 0.5) is 0 Å². The van der Waals surface area contributed by atoms with Crippen LogP contribution in [0.15, 0.2) is 59.8 Å². The summed E-state index contributed by atoms with van der Waals surface area (Å²) in [6.45, 7) is 3.31. The molecule has 1 aromatic heterocycles. The predicted molar refractivity (Wildman–Crippen MR) is 109 cm³/mol. The maximum atomic E-state index is 12.1. The van der Waals surface area contributed by atoms with E-state index in [4.69, 9.17) is 11.6 Å². The number of amides is 1. The predicted octanol–water partition coefficient (Wildman–Crippen LogP) is 3.95. The Kier molecular flexibility index (Phi) is 6.90. The van der Waals surface area contributed by atoms with Gasteiger partial charge in [-0.1, -0.05) is 65.8 Å². The van der Waals surface area contributed by atoms with Gasteiger partial charge in [-0.2, -0.15) is 0 Å². The Morgan fingerprint density at radius 1 is 1.07 bits per heavy atom. The average molecular weight is 401 g/mol. The summed E-state index contributed by atoms with van der Waals surface area (Å²) in [7, 11) is 0. The van der Waals surface area contributed by atoms with Crippen molar-refractivity contribution < 1.29 is 4.79 Å². The van der Waals surface area contributed by atoms with Crippen molar-refractivity contribution in [2.45, 2.75) is 31.6 Å². The van der Waals surface area contributed by atoms with Gasteiger partial charge in [-0.15, -0.1) is 10.2 Å². The first kappa shape index (κ1) is 19.5. The van der Waals surface area contributed by atoms with Gasteiger partial charge >= 0.3 is 0 Å². The van der Waals surface area contributed by atoms with E-state index >= 15 is 0 Å². The summed E-state index contributed by atoms with van der Waals surface area (Å²) in [6, 6.07) is 17.6. The lowest BCUT2D eigenvalue weighted by molar-refractivity contribution is -0.118. The van der Waals surface area contributed by atoms with E-state index in [9.17, 15) is 4.79 Å². The van der Waals surface area contributed by atoms with Crippen molar-refractivity contribution in [1.29, 1.82) is 0 Å². The van der Waals surface area contributed by atoms with Crippen molar-refractivity contribution >= 4 is 29.3 Å². The monoisotopic (exact) mass is 400 g/mol. The molecule has 27 heavy (non-hydrogen) atoms. The Labute approximate surface area is 168 Å². The minimum absolute atomic E-state index is 0.0368. The summed E-state index contributed by atoms with van der Waals surface area (Å²) in [4.78, 5) is 12.1. The van der Waals surface area contributed by atoms with E-state index in [1.807, 2.05) is 42.5 Å². The summed E-state index contributed by atoms with van der Waals surface area (Å²) in [6.07, 6.45) is 0.727. The molecule has 140 valence electrons. The zero-order valence-electron chi connectivity index (χ0n) is 15.1. The minimum atomic E-state index is -0.0368. The first-order valence-corrected chi connectivity index (χ1v) is 10.1. The second kappa shape index (κ2) is 9.58. The Morgan fingerprint density at radius 3 is 2.52 bits per heavy atom. The lowest BCUT2D eigenvalue weighted by Crippen LogP contribution is -2.24. The molecule has 0 bridgehead atoms. The van der Waals surface area contributed by atoms with Gasteiger partial charge in [0.2, 0.25) is 5.91 Å². The number of benzene rings is 2. The van der Waals surface area contributed by atoms with Gasteiger partial charge in [0.1, 0.15) is 5.82 Å². The SMILES string of the molecule is CCn1c(Cc2ccccc2)nnc1SCC(=O)NCc1ccc(Cl)cc1. The van der Waals surface area contributed by atoms with Gasteiger partial charge in [-0.25, -0.2) is 0 Å². The number of aromatic nitrogens is 3. The molecule has 3 rings (SSSR count). The second-order valence-electron chi connectivity index (χ2n) is 6.00. The average Bonchev–Trinajstić information content (AvgIpc) is 3.08. The third kappa shape index (κ3) is 5.58. The Hall–Kier alpha value is -2.31. The van der Waals surface area contributed by atoms with Gasteiger partial charge in [0.15, 0.2) is 5.16 Å². The number of hydrogen-bond donors (Lipinski definition) is 1. The lowest BCUT2D eigenvalue weighted by Gasteiger charge is -2.08. The van der Waals surface area contributed by atoms with Crippen LogP contribution < -0.4 is 5.32 Å². The van der Waals surface area contributed by atoms with Crippen LogP contribution in [0.1, 0.15) is 23.9 Å². The largest absolute Gasteiger partial charge is 0.351 e. The van der Waals surface area contributed by atoms with Crippen LogP contribution in [0.3, 0.4) is 0 Å². The molecule has 0 aliphatic carbocycles. The molecule has 3 aromatic rings. The molecule has 1 amide bonds. The molecule has 0 saturated heterocycles. The summed E-state index contributed by atoms with van der Waals surface area (Å²) >= 11 is 7.27. The van der Waals surface area contributed by atoms with Crippen LogP contribution in [0.2, 0.25) is 5.02 Å². The number of rotatable bonds is 8. The van der Waals surface area contributed by atoms with Crippen molar-refractivity contribution in [3.05, 3.63) is 76.6 Å². The van der Waals surface area contributed by atoms with Crippen molar-refractivity contribution in [3.63, 3.8) is 0 Å². The Bertz CT molecular complexity index is 881. The molecule has 0 unspecified atom stereocenters. The fourth-order valence-electron chi connectivity index (χ4n) is 2.64. The molecule has 2 aromatic carbocycles. The molecule has 0 aliphatic rings. The van der Waals surface area contributed by atoms with E-state index in [2.05, 4.69) is 39.1 Å². The third-order valence-corrected chi connectivity index (χ3v) is 5.27. The fraction of sp³-hybridized carbons (Fsp3) is 0.250. The molecular weight excluding hydrogens is 380 g/mol. The first-order valence-electron chi connectivity index (χ1n) is 8.75. The van der Waals surface area contributed by atoms with Crippen molar-refractivity contribution in [1.82, 2.24) is 20.1 Å². The molecular formula is C20H21ClN4OS. The normalized spacial score (nSPS) is 10.7. The summed E-state index contributed by atoms with van der Waals surface area (Å²) < 4.78 is 2.06. The van der Waals surface area contributed by atoms with E-state index < -0.39 is 0 Å². The molecule has 7 heteroatoms. The number of carbonyl (C=O) groups excluding carboxylic acids is 1.